The summed E-state index contributed by atoms with van der Waals surface area (Å²) in [6, 6.07) is 0. The Morgan fingerprint density at radius 2 is 1.02 bits per heavy atom. The Bertz CT molecular complexity index is 874. The number of carbonyl (C=O) groups excluding carboxylic acids is 2. The summed E-state index contributed by atoms with van der Waals surface area (Å²) in [5.74, 6) is 0.0904. The van der Waals surface area contributed by atoms with Crippen molar-refractivity contribution in [3.05, 3.63) is 48.6 Å². The number of carbonyl (C=O) groups is 2. The fraction of sp³-hybridized carbons (Fsp3) is 0.773. The lowest BCUT2D eigenvalue weighted by atomic mass is 10.0. The summed E-state index contributed by atoms with van der Waals surface area (Å²) in [4.78, 5) is 24.0. The molecule has 0 saturated heterocycles. The Kier molecular flexibility index (Phi) is 36.4. The summed E-state index contributed by atoms with van der Waals surface area (Å²) in [7, 11) is 0. The maximum Gasteiger partial charge on any atom is 0.305 e. The largest absolute Gasteiger partial charge is 0.463 e. The van der Waals surface area contributed by atoms with Gasteiger partial charge >= 0.3 is 11.9 Å². The highest BCUT2D eigenvalue weighted by Gasteiger charge is 2.12. The number of aliphatic hydroxyl groups is 2. The Morgan fingerprint density at radius 1 is 0.540 bits per heavy atom. The zero-order valence-electron chi connectivity index (χ0n) is 32.7. The highest BCUT2D eigenvalue weighted by atomic mass is 16.6. The van der Waals surface area contributed by atoms with E-state index in [1.54, 1.807) is 6.08 Å². The van der Waals surface area contributed by atoms with Gasteiger partial charge in [-0.1, -0.05) is 179 Å². The van der Waals surface area contributed by atoms with Crippen molar-refractivity contribution in [2.24, 2.45) is 5.92 Å². The summed E-state index contributed by atoms with van der Waals surface area (Å²) in [6.45, 7) is 6.46. The molecule has 0 rings (SSSR count). The number of esters is 2. The molecule has 0 amide bonds. The first-order valence-corrected chi connectivity index (χ1v) is 20.7. The summed E-state index contributed by atoms with van der Waals surface area (Å²) < 4.78 is 10.2. The van der Waals surface area contributed by atoms with Crippen molar-refractivity contribution in [3.8, 4) is 0 Å². The molecule has 0 bridgehead atoms. The monoisotopic (exact) mass is 703 g/mol. The van der Waals surface area contributed by atoms with E-state index < -0.39 is 18.2 Å². The minimum absolute atomic E-state index is 0.157. The van der Waals surface area contributed by atoms with Gasteiger partial charge in [0.25, 0.3) is 0 Å². The molecule has 290 valence electrons. The third-order valence-electron chi connectivity index (χ3n) is 8.85. The van der Waals surface area contributed by atoms with Crippen LogP contribution in [0.4, 0.5) is 0 Å². The van der Waals surface area contributed by atoms with E-state index in [1.807, 2.05) is 18.2 Å². The maximum atomic E-state index is 12.0. The molecule has 0 heterocycles. The van der Waals surface area contributed by atoms with Gasteiger partial charge in [-0.25, -0.2) is 0 Å². The van der Waals surface area contributed by atoms with Crippen LogP contribution in [0.2, 0.25) is 0 Å². The van der Waals surface area contributed by atoms with Gasteiger partial charge in [-0.15, -0.1) is 0 Å². The van der Waals surface area contributed by atoms with Crippen molar-refractivity contribution in [1.29, 1.82) is 0 Å². The number of allylic oxidation sites excluding steroid dienone is 7. The summed E-state index contributed by atoms with van der Waals surface area (Å²) in [5.41, 5.74) is 0. The summed E-state index contributed by atoms with van der Waals surface area (Å²) in [6.07, 6.45) is 43.4. The SMILES string of the molecule is CCCCC/C=C\C/C=C\C/C=C\C=C\[C@@H](O)CCCC(=O)OC[C@H](O)COC(=O)CCCCCCCCCCCCCCCCCC(C)C. The van der Waals surface area contributed by atoms with Gasteiger partial charge in [0.05, 0.1) is 6.10 Å². The van der Waals surface area contributed by atoms with Crippen LogP contribution >= 0.6 is 0 Å². The van der Waals surface area contributed by atoms with Gasteiger partial charge in [0.15, 0.2) is 0 Å². The van der Waals surface area contributed by atoms with Crippen molar-refractivity contribution < 1.29 is 29.3 Å². The van der Waals surface area contributed by atoms with E-state index in [2.05, 4.69) is 45.1 Å². The van der Waals surface area contributed by atoms with Crippen LogP contribution in [0.25, 0.3) is 0 Å². The number of unbranched alkanes of at least 4 members (excludes halogenated alkanes) is 17. The molecule has 0 saturated carbocycles. The Morgan fingerprint density at radius 3 is 1.56 bits per heavy atom. The van der Waals surface area contributed by atoms with Crippen molar-refractivity contribution in [3.63, 3.8) is 0 Å². The van der Waals surface area contributed by atoms with Gasteiger partial charge < -0.3 is 19.7 Å². The van der Waals surface area contributed by atoms with E-state index in [-0.39, 0.29) is 25.6 Å². The number of rotatable bonds is 36. The zero-order valence-corrected chi connectivity index (χ0v) is 32.7. The fourth-order valence-electron chi connectivity index (χ4n) is 5.67. The number of aliphatic hydroxyl groups excluding tert-OH is 2. The first-order valence-electron chi connectivity index (χ1n) is 20.7. The maximum absolute atomic E-state index is 12.0. The molecule has 0 radical (unpaired) electrons. The smallest absolute Gasteiger partial charge is 0.305 e. The topological polar surface area (TPSA) is 93.1 Å². The number of ether oxygens (including phenoxy) is 2. The minimum Gasteiger partial charge on any atom is -0.463 e. The molecular weight excluding hydrogens is 624 g/mol. The quantitative estimate of drug-likeness (QED) is 0.0292. The van der Waals surface area contributed by atoms with Gasteiger partial charge in [0.2, 0.25) is 0 Å². The lowest BCUT2D eigenvalue weighted by Crippen LogP contribution is -2.25. The predicted molar refractivity (Wildman–Crippen MR) is 211 cm³/mol. The number of hydrogen-bond acceptors (Lipinski definition) is 6. The molecule has 0 aliphatic heterocycles. The van der Waals surface area contributed by atoms with Crippen molar-refractivity contribution in [2.45, 2.75) is 200 Å². The van der Waals surface area contributed by atoms with Crippen LogP contribution in [0.5, 0.6) is 0 Å². The highest BCUT2D eigenvalue weighted by Crippen LogP contribution is 2.15. The third kappa shape index (κ3) is 38.6. The molecule has 0 spiro atoms. The Balaban J connectivity index is 3.60. The molecule has 6 nitrogen and oxygen atoms in total. The molecule has 0 aromatic heterocycles. The van der Waals surface area contributed by atoms with E-state index in [1.165, 1.54) is 103 Å². The van der Waals surface area contributed by atoms with E-state index in [0.717, 1.165) is 44.4 Å². The molecular formula is C44H78O6. The zero-order chi connectivity index (χ0) is 36.8. The molecule has 0 fully saturated rings. The van der Waals surface area contributed by atoms with Crippen LogP contribution in [0.1, 0.15) is 188 Å². The molecule has 0 aromatic carbocycles. The summed E-state index contributed by atoms with van der Waals surface area (Å²) in [5, 5.41) is 20.1. The highest BCUT2D eigenvalue weighted by molar-refractivity contribution is 5.69. The van der Waals surface area contributed by atoms with Gasteiger partial charge in [-0.3, -0.25) is 9.59 Å². The second kappa shape index (κ2) is 38.1. The molecule has 0 aliphatic carbocycles. The lowest BCUT2D eigenvalue weighted by molar-refractivity contribution is -0.152. The van der Waals surface area contributed by atoms with Crippen LogP contribution < -0.4 is 0 Å². The third-order valence-corrected chi connectivity index (χ3v) is 8.85. The van der Waals surface area contributed by atoms with E-state index in [9.17, 15) is 19.8 Å². The first-order chi connectivity index (χ1) is 24.3. The average Bonchev–Trinajstić information content (AvgIpc) is 3.09. The second-order valence-corrected chi connectivity index (χ2v) is 14.4. The normalized spacial score (nSPS) is 13.4. The molecule has 2 N–H and O–H groups in total. The fourth-order valence-corrected chi connectivity index (χ4v) is 5.67. The summed E-state index contributed by atoms with van der Waals surface area (Å²) >= 11 is 0. The van der Waals surface area contributed by atoms with Crippen LogP contribution in [0.3, 0.4) is 0 Å². The lowest BCUT2D eigenvalue weighted by Gasteiger charge is -2.12. The average molecular weight is 703 g/mol. The Hall–Kier alpha value is -2.18. The van der Waals surface area contributed by atoms with E-state index >= 15 is 0 Å². The van der Waals surface area contributed by atoms with Gasteiger partial charge in [0.1, 0.15) is 19.3 Å². The minimum atomic E-state index is -1.04. The standard InChI is InChI=1S/C44H78O6/c1-4-5-6-7-8-9-10-14-18-21-24-27-30-34-41(45)35-32-37-44(48)50-39-42(46)38-49-43(47)36-31-28-25-22-19-16-13-11-12-15-17-20-23-26-29-33-40(2)3/h8-9,14,18,24,27,30,34,40-42,45-46H,4-7,10-13,15-17,19-23,25-26,28-29,31-33,35-39H2,1-3H3/b9-8-,18-14-,27-24-,34-30+/t41-,42-/m1/s1. The van der Waals surface area contributed by atoms with E-state index in [4.69, 9.17) is 9.47 Å². The molecule has 0 unspecified atom stereocenters. The molecule has 50 heavy (non-hydrogen) atoms. The predicted octanol–water partition coefficient (Wildman–Crippen LogP) is 11.8. The molecule has 2 atom stereocenters. The van der Waals surface area contributed by atoms with Gasteiger partial charge in [-0.2, -0.15) is 0 Å². The molecule has 0 aliphatic rings. The molecule has 0 aromatic rings. The van der Waals surface area contributed by atoms with Crippen molar-refractivity contribution >= 4 is 11.9 Å². The molecule has 6 heteroatoms. The van der Waals surface area contributed by atoms with Crippen LogP contribution in [-0.2, 0) is 19.1 Å². The Labute approximate surface area is 308 Å². The van der Waals surface area contributed by atoms with Crippen molar-refractivity contribution in [1.82, 2.24) is 0 Å². The second-order valence-electron chi connectivity index (χ2n) is 14.4. The van der Waals surface area contributed by atoms with Crippen LogP contribution in [-0.4, -0.2) is 47.6 Å². The first kappa shape index (κ1) is 47.8. The van der Waals surface area contributed by atoms with Crippen LogP contribution in [0.15, 0.2) is 48.6 Å². The van der Waals surface area contributed by atoms with Crippen LogP contribution in [0, 0.1) is 5.92 Å². The van der Waals surface area contributed by atoms with Crippen molar-refractivity contribution in [2.75, 3.05) is 13.2 Å². The number of hydrogen-bond donors (Lipinski definition) is 2. The van der Waals surface area contributed by atoms with Gasteiger partial charge in [0, 0.05) is 12.8 Å². The van der Waals surface area contributed by atoms with E-state index in [0.29, 0.717) is 19.3 Å². The van der Waals surface area contributed by atoms with Gasteiger partial charge in [-0.05, 0) is 50.9 Å².